The third-order valence-corrected chi connectivity index (χ3v) is 6.63. The zero-order valence-corrected chi connectivity index (χ0v) is 19.1. The molecule has 2 amide bonds. The summed E-state index contributed by atoms with van der Waals surface area (Å²) in [4.78, 5) is 31.9. The van der Waals surface area contributed by atoms with Crippen molar-refractivity contribution in [2.24, 2.45) is 0 Å². The second kappa shape index (κ2) is 10.3. The van der Waals surface area contributed by atoms with Crippen LogP contribution in [0.5, 0.6) is 0 Å². The van der Waals surface area contributed by atoms with Crippen molar-refractivity contribution in [3.05, 3.63) is 71.8 Å². The standard InChI is InChI=1S/C26H34N4O2/c1-20(26(32)27-23-13-14-23)30-17-15-29(16-18-30)19-24(31)28(2)25(21-9-5-3-6-10-21)22-11-7-4-8-12-22/h3-12,20,23,25H,13-19H2,1-2H3,(H,27,32). The molecule has 170 valence electrons. The van der Waals surface area contributed by atoms with Crippen molar-refractivity contribution in [1.82, 2.24) is 20.0 Å². The first-order valence-corrected chi connectivity index (χ1v) is 11.7. The van der Waals surface area contributed by atoms with Gasteiger partial charge in [0.05, 0.1) is 18.6 Å². The van der Waals surface area contributed by atoms with Crippen molar-refractivity contribution in [3.63, 3.8) is 0 Å². The molecule has 1 saturated carbocycles. The zero-order valence-electron chi connectivity index (χ0n) is 19.1. The smallest absolute Gasteiger partial charge is 0.237 e. The van der Waals surface area contributed by atoms with Crippen LogP contribution in [0.4, 0.5) is 0 Å². The number of hydrogen-bond donors (Lipinski definition) is 1. The van der Waals surface area contributed by atoms with Crippen LogP contribution in [0.3, 0.4) is 0 Å². The van der Waals surface area contributed by atoms with Gasteiger partial charge in [0.2, 0.25) is 11.8 Å². The summed E-state index contributed by atoms with van der Waals surface area (Å²) in [5, 5.41) is 3.10. The van der Waals surface area contributed by atoms with E-state index in [9.17, 15) is 9.59 Å². The molecule has 32 heavy (non-hydrogen) atoms. The molecule has 4 rings (SSSR count). The molecule has 1 aliphatic carbocycles. The first-order chi connectivity index (χ1) is 15.5. The summed E-state index contributed by atoms with van der Waals surface area (Å²) in [5.41, 5.74) is 2.21. The van der Waals surface area contributed by atoms with Crippen molar-refractivity contribution in [1.29, 1.82) is 0 Å². The fraction of sp³-hybridized carbons (Fsp3) is 0.462. The van der Waals surface area contributed by atoms with Crippen LogP contribution in [0.2, 0.25) is 0 Å². The molecule has 0 aromatic heterocycles. The predicted molar refractivity (Wildman–Crippen MR) is 126 cm³/mol. The van der Waals surface area contributed by atoms with Crippen LogP contribution in [-0.2, 0) is 9.59 Å². The number of amides is 2. The number of nitrogens with one attached hydrogen (secondary N) is 1. The number of carbonyl (C=O) groups is 2. The van der Waals surface area contributed by atoms with Gasteiger partial charge in [0.15, 0.2) is 0 Å². The minimum atomic E-state index is -0.114. The van der Waals surface area contributed by atoms with Gasteiger partial charge < -0.3 is 10.2 Å². The highest BCUT2D eigenvalue weighted by molar-refractivity contribution is 5.82. The molecule has 1 atom stereocenters. The number of likely N-dealkylation sites (N-methyl/N-ethyl adjacent to an activating group) is 1. The van der Waals surface area contributed by atoms with Crippen LogP contribution in [0.25, 0.3) is 0 Å². The molecule has 0 radical (unpaired) electrons. The Morgan fingerprint density at radius 1 is 0.938 bits per heavy atom. The fourth-order valence-corrected chi connectivity index (χ4v) is 4.38. The number of rotatable bonds is 8. The summed E-state index contributed by atoms with van der Waals surface area (Å²) >= 11 is 0. The van der Waals surface area contributed by atoms with Gasteiger partial charge in [0.25, 0.3) is 0 Å². The van der Waals surface area contributed by atoms with Crippen molar-refractivity contribution in [2.45, 2.75) is 37.9 Å². The van der Waals surface area contributed by atoms with Gasteiger partial charge >= 0.3 is 0 Å². The highest BCUT2D eigenvalue weighted by Crippen LogP contribution is 2.27. The molecule has 1 N–H and O–H groups in total. The van der Waals surface area contributed by atoms with E-state index >= 15 is 0 Å². The molecule has 1 unspecified atom stereocenters. The van der Waals surface area contributed by atoms with Gasteiger partial charge in [-0.15, -0.1) is 0 Å². The second-order valence-corrected chi connectivity index (χ2v) is 9.00. The molecule has 0 spiro atoms. The average molecular weight is 435 g/mol. The highest BCUT2D eigenvalue weighted by atomic mass is 16.2. The molecule has 1 saturated heterocycles. The Balaban J connectivity index is 1.35. The molecular weight excluding hydrogens is 400 g/mol. The normalized spacial score (nSPS) is 18.3. The summed E-state index contributed by atoms with van der Waals surface area (Å²) in [6.07, 6.45) is 2.21. The van der Waals surface area contributed by atoms with Gasteiger partial charge in [-0.25, -0.2) is 0 Å². The van der Waals surface area contributed by atoms with Crippen LogP contribution < -0.4 is 5.32 Å². The van der Waals surface area contributed by atoms with Gasteiger partial charge in [0.1, 0.15) is 0 Å². The van der Waals surface area contributed by atoms with Crippen LogP contribution in [-0.4, -0.2) is 78.4 Å². The molecule has 2 aliphatic rings. The molecule has 2 aromatic rings. The molecule has 1 aliphatic heterocycles. The molecule has 6 heteroatoms. The van der Waals surface area contributed by atoms with E-state index in [1.54, 1.807) is 0 Å². The lowest BCUT2D eigenvalue weighted by Gasteiger charge is -2.38. The molecule has 2 aromatic carbocycles. The lowest BCUT2D eigenvalue weighted by atomic mass is 9.97. The molecule has 2 fully saturated rings. The highest BCUT2D eigenvalue weighted by Gasteiger charge is 2.31. The Bertz CT molecular complexity index is 853. The lowest BCUT2D eigenvalue weighted by Crippen LogP contribution is -2.55. The second-order valence-electron chi connectivity index (χ2n) is 9.00. The van der Waals surface area contributed by atoms with Crippen LogP contribution in [0.15, 0.2) is 60.7 Å². The molecule has 1 heterocycles. The van der Waals surface area contributed by atoms with Gasteiger partial charge in [-0.05, 0) is 30.9 Å². The first-order valence-electron chi connectivity index (χ1n) is 11.7. The van der Waals surface area contributed by atoms with Crippen LogP contribution in [0, 0.1) is 0 Å². The largest absolute Gasteiger partial charge is 0.352 e. The van der Waals surface area contributed by atoms with Crippen molar-refractivity contribution < 1.29 is 9.59 Å². The third-order valence-electron chi connectivity index (χ3n) is 6.63. The van der Waals surface area contributed by atoms with E-state index in [4.69, 9.17) is 0 Å². The fourth-order valence-electron chi connectivity index (χ4n) is 4.38. The minimum Gasteiger partial charge on any atom is -0.352 e. The van der Waals surface area contributed by atoms with Crippen molar-refractivity contribution in [3.8, 4) is 0 Å². The van der Waals surface area contributed by atoms with E-state index in [0.717, 1.165) is 50.1 Å². The Morgan fingerprint density at radius 3 is 1.97 bits per heavy atom. The van der Waals surface area contributed by atoms with Gasteiger partial charge in [0, 0.05) is 39.3 Å². The Kier molecular flexibility index (Phi) is 7.22. The van der Waals surface area contributed by atoms with Crippen LogP contribution >= 0.6 is 0 Å². The Morgan fingerprint density at radius 2 is 1.47 bits per heavy atom. The minimum absolute atomic E-state index is 0.107. The topological polar surface area (TPSA) is 55.9 Å². The van der Waals surface area contributed by atoms with E-state index in [1.165, 1.54) is 0 Å². The van der Waals surface area contributed by atoms with Crippen LogP contribution in [0.1, 0.15) is 36.9 Å². The number of piperazine rings is 1. The van der Waals surface area contributed by atoms with Crippen molar-refractivity contribution in [2.75, 3.05) is 39.8 Å². The summed E-state index contributed by atoms with van der Waals surface area (Å²) in [6, 6.07) is 20.5. The number of carbonyl (C=O) groups excluding carboxylic acids is 2. The molecule has 6 nitrogen and oxygen atoms in total. The summed E-state index contributed by atoms with van der Waals surface area (Å²) < 4.78 is 0. The van der Waals surface area contributed by atoms with E-state index in [2.05, 4.69) is 39.4 Å². The zero-order chi connectivity index (χ0) is 22.5. The Hall–Kier alpha value is -2.70. The number of hydrogen-bond acceptors (Lipinski definition) is 4. The summed E-state index contributed by atoms with van der Waals surface area (Å²) in [6.45, 7) is 5.57. The van der Waals surface area contributed by atoms with Gasteiger partial charge in [-0.2, -0.15) is 0 Å². The predicted octanol–water partition coefficient (Wildman–Crippen LogP) is 2.52. The SMILES string of the molecule is CC(C(=O)NC1CC1)N1CCN(CC(=O)N(C)C(c2ccccc2)c2ccccc2)CC1. The lowest BCUT2D eigenvalue weighted by molar-refractivity contribution is -0.134. The maximum absolute atomic E-state index is 13.3. The van der Waals surface area contributed by atoms with Gasteiger partial charge in [-0.3, -0.25) is 19.4 Å². The van der Waals surface area contributed by atoms with E-state index in [1.807, 2.05) is 55.3 Å². The van der Waals surface area contributed by atoms with Gasteiger partial charge in [-0.1, -0.05) is 60.7 Å². The maximum atomic E-state index is 13.3. The quantitative estimate of drug-likeness (QED) is 0.694. The number of nitrogens with zero attached hydrogens (tertiary/aromatic N) is 3. The monoisotopic (exact) mass is 434 g/mol. The summed E-state index contributed by atoms with van der Waals surface area (Å²) in [5.74, 6) is 0.237. The molecule has 0 bridgehead atoms. The third kappa shape index (κ3) is 5.56. The Labute approximate surface area is 191 Å². The van der Waals surface area contributed by atoms with E-state index in [-0.39, 0.29) is 23.9 Å². The maximum Gasteiger partial charge on any atom is 0.237 e. The average Bonchev–Trinajstić information content (AvgIpc) is 3.64. The first kappa shape index (κ1) is 22.5. The van der Waals surface area contributed by atoms with E-state index < -0.39 is 0 Å². The summed E-state index contributed by atoms with van der Waals surface area (Å²) in [7, 11) is 1.90. The number of benzene rings is 2. The molecular formula is C26H34N4O2. The van der Waals surface area contributed by atoms with E-state index in [0.29, 0.717) is 12.6 Å². The van der Waals surface area contributed by atoms with Crippen molar-refractivity contribution >= 4 is 11.8 Å².